The molecule has 1 rings (SSSR count). The van der Waals surface area contributed by atoms with Gasteiger partial charge in [0.1, 0.15) is 6.54 Å². The molecule has 0 atom stereocenters. The minimum absolute atomic E-state index is 0.286. The van der Waals surface area contributed by atoms with Gasteiger partial charge in [0.25, 0.3) is 5.91 Å². The minimum atomic E-state index is -4.39. The van der Waals surface area contributed by atoms with Crippen LogP contribution in [0.25, 0.3) is 0 Å². The fraction of sp³-hybridized carbons (Fsp3) is 0.462. The van der Waals surface area contributed by atoms with E-state index in [2.05, 4.69) is 5.32 Å². The molecule has 0 aliphatic rings. The van der Waals surface area contributed by atoms with Crippen LogP contribution in [0.3, 0.4) is 0 Å². The standard InChI is InChI=1S/C13H17F3N2O/c1-4-17-10-5-6-11(9(2)7-10)12(19)18(3)8-13(14,15)16/h5-7,17H,4,8H2,1-3H3. The second kappa shape index (κ2) is 5.95. The summed E-state index contributed by atoms with van der Waals surface area (Å²) >= 11 is 0. The number of hydrogen-bond acceptors (Lipinski definition) is 2. The maximum absolute atomic E-state index is 12.2. The lowest BCUT2D eigenvalue weighted by Crippen LogP contribution is -2.36. The smallest absolute Gasteiger partial charge is 0.385 e. The van der Waals surface area contributed by atoms with Crippen LogP contribution in [0.4, 0.5) is 18.9 Å². The van der Waals surface area contributed by atoms with Gasteiger partial charge >= 0.3 is 6.18 Å². The fourth-order valence-electron chi connectivity index (χ4n) is 1.76. The van der Waals surface area contributed by atoms with Crippen molar-refractivity contribution in [2.75, 3.05) is 25.5 Å². The zero-order valence-electron chi connectivity index (χ0n) is 11.1. The van der Waals surface area contributed by atoms with Crippen molar-refractivity contribution in [2.45, 2.75) is 20.0 Å². The van der Waals surface area contributed by atoms with Crippen molar-refractivity contribution in [2.24, 2.45) is 0 Å². The molecule has 0 saturated carbocycles. The molecule has 0 aromatic heterocycles. The summed E-state index contributed by atoms with van der Waals surface area (Å²) in [7, 11) is 1.15. The van der Waals surface area contributed by atoms with Crippen LogP contribution < -0.4 is 5.32 Å². The third-order valence-corrected chi connectivity index (χ3v) is 2.60. The molecule has 0 heterocycles. The SMILES string of the molecule is CCNc1ccc(C(=O)N(C)CC(F)(F)F)c(C)c1. The van der Waals surface area contributed by atoms with Crippen molar-refractivity contribution < 1.29 is 18.0 Å². The van der Waals surface area contributed by atoms with Crippen molar-refractivity contribution in [1.82, 2.24) is 4.90 Å². The van der Waals surface area contributed by atoms with E-state index in [1.165, 1.54) is 0 Å². The van der Waals surface area contributed by atoms with E-state index in [-0.39, 0.29) is 5.56 Å². The Labute approximate surface area is 110 Å². The number of hydrogen-bond donors (Lipinski definition) is 1. The van der Waals surface area contributed by atoms with Crippen LogP contribution in [0.2, 0.25) is 0 Å². The predicted octanol–water partition coefficient (Wildman–Crippen LogP) is 3.06. The Balaban J connectivity index is 2.88. The zero-order chi connectivity index (χ0) is 14.6. The number of nitrogens with zero attached hydrogens (tertiary/aromatic N) is 1. The summed E-state index contributed by atoms with van der Waals surface area (Å²) in [6, 6.07) is 4.98. The summed E-state index contributed by atoms with van der Waals surface area (Å²) in [6.45, 7) is 3.13. The van der Waals surface area contributed by atoms with E-state index in [1.807, 2.05) is 6.92 Å². The van der Waals surface area contributed by atoms with E-state index in [1.54, 1.807) is 25.1 Å². The van der Waals surface area contributed by atoms with Crippen LogP contribution >= 0.6 is 0 Å². The average Bonchev–Trinajstić information content (AvgIpc) is 2.26. The summed E-state index contributed by atoms with van der Waals surface area (Å²) in [5, 5.41) is 3.08. The molecule has 1 amide bonds. The Bertz CT molecular complexity index is 458. The lowest BCUT2D eigenvalue weighted by atomic mass is 10.1. The molecule has 19 heavy (non-hydrogen) atoms. The molecule has 0 radical (unpaired) electrons. The van der Waals surface area contributed by atoms with Crippen molar-refractivity contribution in [3.8, 4) is 0 Å². The third-order valence-electron chi connectivity index (χ3n) is 2.60. The number of halogens is 3. The van der Waals surface area contributed by atoms with Gasteiger partial charge in [-0.3, -0.25) is 4.79 Å². The molecule has 0 fully saturated rings. The van der Waals surface area contributed by atoms with E-state index in [9.17, 15) is 18.0 Å². The normalized spacial score (nSPS) is 11.3. The molecular weight excluding hydrogens is 257 g/mol. The van der Waals surface area contributed by atoms with Gasteiger partial charge in [0.05, 0.1) is 0 Å². The summed E-state index contributed by atoms with van der Waals surface area (Å²) in [5.74, 6) is -0.627. The van der Waals surface area contributed by atoms with Crippen LogP contribution in [-0.4, -0.2) is 37.1 Å². The Hall–Kier alpha value is -1.72. The van der Waals surface area contributed by atoms with Crippen molar-refractivity contribution in [1.29, 1.82) is 0 Å². The zero-order valence-corrected chi connectivity index (χ0v) is 11.1. The molecule has 1 N–H and O–H groups in total. The quantitative estimate of drug-likeness (QED) is 0.915. The number of carbonyl (C=O) groups excluding carboxylic acids is 1. The number of anilines is 1. The van der Waals surface area contributed by atoms with Gasteiger partial charge in [-0.1, -0.05) is 0 Å². The average molecular weight is 274 g/mol. The number of nitrogens with one attached hydrogen (secondary N) is 1. The number of carbonyl (C=O) groups is 1. The second-order valence-electron chi connectivity index (χ2n) is 4.34. The van der Waals surface area contributed by atoms with E-state index in [4.69, 9.17) is 0 Å². The second-order valence-corrected chi connectivity index (χ2v) is 4.34. The molecule has 1 aromatic rings. The number of benzene rings is 1. The van der Waals surface area contributed by atoms with Crippen LogP contribution in [0.15, 0.2) is 18.2 Å². The number of amides is 1. The molecule has 0 aliphatic carbocycles. The summed E-state index contributed by atoms with van der Waals surface area (Å²) in [6.07, 6.45) is -4.39. The Morgan fingerprint density at radius 3 is 2.47 bits per heavy atom. The molecule has 1 aromatic carbocycles. The highest BCUT2D eigenvalue weighted by atomic mass is 19.4. The predicted molar refractivity (Wildman–Crippen MR) is 68.4 cm³/mol. The van der Waals surface area contributed by atoms with Crippen molar-refractivity contribution >= 4 is 11.6 Å². The summed E-state index contributed by atoms with van der Waals surface area (Å²) in [5.41, 5.74) is 1.78. The van der Waals surface area contributed by atoms with Crippen LogP contribution in [0, 0.1) is 6.92 Å². The topological polar surface area (TPSA) is 32.3 Å². The monoisotopic (exact) mass is 274 g/mol. The molecule has 0 bridgehead atoms. The number of alkyl halides is 3. The molecule has 3 nitrogen and oxygen atoms in total. The van der Waals surface area contributed by atoms with Gasteiger partial charge in [0.15, 0.2) is 0 Å². The van der Waals surface area contributed by atoms with Gasteiger partial charge in [-0.2, -0.15) is 13.2 Å². The number of rotatable bonds is 4. The first-order valence-corrected chi connectivity index (χ1v) is 5.91. The van der Waals surface area contributed by atoms with E-state index in [0.29, 0.717) is 10.5 Å². The Kier molecular flexibility index (Phi) is 4.80. The third kappa shape index (κ3) is 4.46. The highest BCUT2D eigenvalue weighted by Crippen LogP contribution is 2.20. The van der Waals surface area contributed by atoms with E-state index >= 15 is 0 Å². The summed E-state index contributed by atoms with van der Waals surface area (Å²) < 4.78 is 36.7. The van der Waals surface area contributed by atoms with Crippen LogP contribution in [-0.2, 0) is 0 Å². The molecule has 0 aliphatic heterocycles. The Morgan fingerprint density at radius 1 is 1.37 bits per heavy atom. The van der Waals surface area contributed by atoms with Gasteiger partial charge in [-0.15, -0.1) is 0 Å². The molecular formula is C13H17F3N2O. The van der Waals surface area contributed by atoms with Gasteiger partial charge < -0.3 is 10.2 Å². The maximum Gasteiger partial charge on any atom is 0.406 e. The van der Waals surface area contributed by atoms with E-state index < -0.39 is 18.6 Å². The fourth-order valence-corrected chi connectivity index (χ4v) is 1.76. The maximum atomic E-state index is 12.2. The van der Waals surface area contributed by atoms with Crippen LogP contribution in [0.5, 0.6) is 0 Å². The first-order chi connectivity index (χ1) is 8.74. The Morgan fingerprint density at radius 2 is 2.00 bits per heavy atom. The molecule has 0 saturated heterocycles. The van der Waals surface area contributed by atoms with Crippen molar-refractivity contribution in [3.05, 3.63) is 29.3 Å². The number of aryl methyl sites for hydroxylation is 1. The van der Waals surface area contributed by atoms with Crippen LogP contribution in [0.1, 0.15) is 22.8 Å². The minimum Gasteiger partial charge on any atom is -0.385 e. The lowest BCUT2D eigenvalue weighted by molar-refractivity contribution is -0.138. The van der Waals surface area contributed by atoms with E-state index in [0.717, 1.165) is 19.3 Å². The molecule has 6 heteroatoms. The molecule has 0 spiro atoms. The van der Waals surface area contributed by atoms with Crippen molar-refractivity contribution in [3.63, 3.8) is 0 Å². The summed E-state index contributed by atoms with van der Waals surface area (Å²) in [4.78, 5) is 12.6. The van der Waals surface area contributed by atoms with Gasteiger partial charge in [-0.05, 0) is 37.6 Å². The van der Waals surface area contributed by atoms with Gasteiger partial charge in [0.2, 0.25) is 0 Å². The molecule has 0 unspecified atom stereocenters. The highest BCUT2D eigenvalue weighted by Gasteiger charge is 2.31. The largest absolute Gasteiger partial charge is 0.406 e. The first-order valence-electron chi connectivity index (χ1n) is 5.91. The van der Waals surface area contributed by atoms with Gasteiger partial charge in [-0.25, -0.2) is 0 Å². The lowest BCUT2D eigenvalue weighted by Gasteiger charge is -2.20. The van der Waals surface area contributed by atoms with Gasteiger partial charge in [0, 0.05) is 24.8 Å². The highest BCUT2D eigenvalue weighted by molar-refractivity contribution is 5.96. The first kappa shape index (κ1) is 15.3. The molecule has 106 valence electrons.